The van der Waals surface area contributed by atoms with Gasteiger partial charge in [-0.1, -0.05) is 0 Å². The molecule has 0 saturated carbocycles. The van der Waals surface area contributed by atoms with Crippen LogP contribution in [0.4, 0.5) is 4.39 Å². The summed E-state index contributed by atoms with van der Waals surface area (Å²) >= 11 is 0. The molecule has 1 aromatic heterocycles. The third-order valence-electron chi connectivity index (χ3n) is 0.715. The van der Waals surface area contributed by atoms with Crippen molar-refractivity contribution in [2.45, 2.75) is 6.67 Å². The van der Waals surface area contributed by atoms with E-state index in [0.717, 1.165) is 6.26 Å². The quantitative estimate of drug-likeness (QED) is 0.580. The van der Waals surface area contributed by atoms with Gasteiger partial charge in [-0.15, -0.1) is 0 Å². The zero-order valence-electron chi connectivity index (χ0n) is 3.98. The number of aromatic nitrogens is 1. The number of nitrogens with one attached hydrogen (secondary N) is 1. The molecule has 0 fully saturated rings. The molecule has 1 rings (SSSR count). The number of oxazole rings is 1. The lowest BCUT2D eigenvalue weighted by molar-refractivity contribution is 0.472. The lowest BCUT2D eigenvalue weighted by Crippen LogP contribution is -1.95. The molecular formula is C4H4FNO2. The number of aromatic amines is 1. The maximum absolute atomic E-state index is 11.5. The molecule has 0 radical (unpaired) electrons. The maximum Gasteiger partial charge on any atom is 0.416 e. The Morgan fingerprint density at radius 1 is 1.88 bits per heavy atom. The lowest BCUT2D eigenvalue weighted by Gasteiger charge is -1.74. The second-order valence-electron chi connectivity index (χ2n) is 1.31. The molecule has 0 aliphatic carbocycles. The molecule has 0 aliphatic heterocycles. The van der Waals surface area contributed by atoms with E-state index in [0.29, 0.717) is 0 Å². The predicted molar refractivity (Wildman–Crippen MR) is 24.1 cm³/mol. The van der Waals surface area contributed by atoms with Gasteiger partial charge in [0.05, 0.1) is 5.69 Å². The molecule has 0 amide bonds. The highest BCUT2D eigenvalue weighted by atomic mass is 19.1. The highest BCUT2D eigenvalue weighted by Crippen LogP contribution is 1.90. The molecule has 8 heavy (non-hydrogen) atoms. The van der Waals surface area contributed by atoms with E-state index in [1.165, 1.54) is 0 Å². The van der Waals surface area contributed by atoms with E-state index in [1.807, 2.05) is 0 Å². The van der Waals surface area contributed by atoms with Crippen LogP contribution in [0.15, 0.2) is 15.5 Å². The highest BCUT2D eigenvalue weighted by molar-refractivity contribution is 4.87. The Kier molecular flexibility index (Phi) is 1.15. The van der Waals surface area contributed by atoms with Gasteiger partial charge in [-0.2, -0.15) is 0 Å². The largest absolute Gasteiger partial charge is 0.416 e. The summed E-state index contributed by atoms with van der Waals surface area (Å²) in [5, 5.41) is 0. The predicted octanol–water partition coefficient (Wildman–Crippen LogP) is 0.437. The molecule has 44 valence electrons. The summed E-state index contributed by atoms with van der Waals surface area (Å²) in [6.07, 6.45) is 1.06. The molecule has 0 aliphatic rings. The van der Waals surface area contributed by atoms with Gasteiger partial charge >= 0.3 is 5.76 Å². The molecule has 0 aromatic carbocycles. The Morgan fingerprint density at radius 3 is 2.88 bits per heavy atom. The minimum atomic E-state index is -0.689. The van der Waals surface area contributed by atoms with E-state index >= 15 is 0 Å². The van der Waals surface area contributed by atoms with Crippen LogP contribution >= 0.6 is 0 Å². The molecule has 3 nitrogen and oxygen atoms in total. The van der Waals surface area contributed by atoms with Crippen molar-refractivity contribution in [2.24, 2.45) is 0 Å². The SMILES string of the molecule is O=c1[nH]c(CF)co1. The molecule has 0 saturated heterocycles. The fourth-order valence-corrected chi connectivity index (χ4v) is 0.380. The average molecular weight is 117 g/mol. The van der Waals surface area contributed by atoms with Crippen LogP contribution in [0.1, 0.15) is 5.69 Å². The van der Waals surface area contributed by atoms with Crippen LogP contribution in [0, 0.1) is 0 Å². The number of hydrogen-bond donors (Lipinski definition) is 1. The van der Waals surface area contributed by atoms with Crippen molar-refractivity contribution in [3.05, 3.63) is 22.5 Å². The molecule has 1 aromatic rings. The van der Waals surface area contributed by atoms with Gasteiger partial charge in [0, 0.05) is 0 Å². The normalized spacial score (nSPS) is 9.62. The summed E-state index contributed by atoms with van der Waals surface area (Å²) in [4.78, 5) is 12.2. The van der Waals surface area contributed by atoms with Crippen molar-refractivity contribution >= 4 is 0 Å². The molecule has 0 spiro atoms. The monoisotopic (exact) mass is 117 g/mol. The molecule has 0 atom stereocenters. The summed E-state index contributed by atoms with van der Waals surface area (Å²) in [7, 11) is 0. The van der Waals surface area contributed by atoms with E-state index in [9.17, 15) is 9.18 Å². The zero-order chi connectivity index (χ0) is 5.98. The minimum Gasteiger partial charge on any atom is -0.416 e. The van der Waals surface area contributed by atoms with E-state index in [-0.39, 0.29) is 5.69 Å². The first-order valence-corrected chi connectivity index (χ1v) is 2.05. The Hall–Kier alpha value is -1.06. The number of H-pyrrole nitrogens is 1. The van der Waals surface area contributed by atoms with Gasteiger partial charge in [0.25, 0.3) is 0 Å². The Morgan fingerprint density at radius 2 is 2.62 bits per heavy atom. The van der Waals surface area contributed by atoms with Gasteiger partial charge < -0.3 is 4.42 Å². The first kappa shape index (κ1) is 5.08. The fraction of sp³-hybridized carbons (Fsp3) is 0.250. The number of rotatable bonds is 1. The van der Waals surface area contributed by atoms with Gasteiger partial charge in [0.2, 0.25) is 0 Å². The first-order chi connectivity index (χ1) is 3.83. The van der Waals surface area contributed by atoms with E-state index in [4.69, 9.17) is 0 Å². The molecule has 1 heterocycles. The van der Waals surface area contributed by atoms with Crippen LogP contribution in [0.3, 0.4) is 0 Å². The van der Waals surface area contributed by atoms with Crippen molar-refractivity contribution in [1.82, 2.24) is 4.98 Å². The fourth-order valence-electron chi connectivity index (χ4n) is 0.380. The third kappa shape index (κ3) is 0.776. The Labute approximate surface area is 44.1 Å². The van der Waals surface area contributed by atoms with Gasteiger partial charge in [0.1, 0.15) is 12.9 Å². The number of hydrogen-bond acceptors (Lipinski definition) is 2. The van der Waals surface area contributed by atoms with Crippen LogP contribution in [-0.2, 0) is 6.67 Å². The molecule has 0 bridgehead atoms. The summed E-state index contributed by atoms with van der Waals surface area (Å²) in [5.74, 6) is -0.613. The molecule has 0 unspecified atom stereocenters. The summed E-state index contributed by atoms with van der Waals surface area (Å²) in [6, 6.07) is 0. The second-order valence-corrected chi connectivity index (χ2v) is 1.31. The van der Waals surface area contributed by atoms with Gasteiger partial charge in [-0.05, 0) is 0 Å². The van der Waals surface area contributed by atoms with Crippen molar-refractivity contribution in [3.8, 4) is 0 Å². The van der Waals surface area contributed by atoms with Gasteiger partial charge in [0.15, 0.2) is 0 Å². The van der Waals surface area contributed by atoms with Crippen LogP contribution in [0.5, 0.6) is 0 Å². The second kappa shape index (κ2) is 1.81. The van der Waals surface area contributed by atoms with E-state index in [1.54, 1.807) is 0 Å². The van der Waals surface area contributed by atoms with Crippen molar-refractivity contribution in [1.29, 1.82) is 0 Å². The molecule has 4 heteroatoms. The minimum absolute atomic E-state index is 0.176. The van der Waals surface area contributed by atoms with Crippen LogP contribution in [0.2, 0.25) is 0 Å². The first-order valence-electron chi connectivity index (χ1n) is 2.05. The zero-order valence-corrected chi connectivity index (χ0v) is 3.98. The van der Waals surface area contributed by atoms with Crippen LogP contribution in [0.25, 0.3) is 0 Å². The lowest BCUT2D eigenvalue weighted by atomic mass is 10.6. The third-order valence-corrected chi connectivity index (χ3v) is 0.715. The Balaban J connectivity index is 3.01. The van der Waals surface area contributed by atoms with Gasteiger partial charge in [-0.25, -0.2) is 9.18 Å². The van der Waals surface area contributed by atoms with E-state index in [2.05, 4.69) is 9.40 Å². The Bertz CT molecular complexity index is 214. The maximum atomic E-state index is 11.5. The molecular weight excluding hydrogens is 113 g/mol. The van der Waals surface area contributed by atoms with Gasteiger partial charge in [-0.3, -0.25) is 4.98 Å². The van der Waals surface area contributed by atoms with Crippen molar-refractivity contribution in [3.63, 3.8) is 0 Å². The number of alkyl halides is 1. The summed E-state index contributed by atoms with van der Waals surface area (Å²) in [6.45, 7) is -0.689. The standard InChI is InChI=1S/C4H4FNO2/c5-1-3-2-8-4(7)6-3/h2H,1H2,(H,6,7). The topological polar surface area (TPSA) is 46.0 Å². The van der Waals surface area contributed by atoms with Crippen LogP contribution in [-0.4, -0.2) is 4.98 Å². The summed E-state index contributed by atoms with van der Waals surface area (Å²) < 4.78 is 15.7. The smallest absolute Gasteiger partial charge is 0.416 e. The van der Waals surface area contributed by atoms with E-state index < -0.39 is 12.4 Å². The van der Waals surface area contributed by atoms with Crippen LogP contribution < -0.4 is 5.76 Å². The molecule has 1 N–H and O–H groups in total. The average Bonchev–Trinajstić information content (AvgIpc) is 2.14. The number of halogens is 1. The van der Waals surface area contributed by atoms with Crippen molar-refractivity contribution < 1.29 is 8.81 Å². The van der Waals surface area contributed by atoms with Crippen molar-refractivity contribution in [2.75, 3.05) is 0 Å². The highest BCUT2D eigenvalue weighted by Gasteiger charge is 1.92. The summed E-state index contributed by atoms with van der Waals surface area (Å²) in [5.41, 5.74) is 0.176.